The number of nitrogens with zero attached hydrogens (tertiary/aromatic N) is 2. The maximum Gasteiger partial charge on any atom is 0.573 e. The first-order valence-electron chi connectivity index (χ1n) is 10.5. The Kier molecular flexibility index (Phi) is 5.94. The summed E-state index contributed by atoms with van der Waals surface area (Å²) in [7, 11) is 0. The fourth-order valence-electron chi connectivity index (χ4n) is 4.36. The molecule has 3 aromatic rings. The zero-order chi connectivity index (χ0) is 24.9. The number of anilines is 1. The smallest absolute Gasteiger partial charge is 0.403 e. The molecular formula is C23H18ClF4N3O4. The summed E-state index contributed by atoms with van der Waals surface area (Å²) in [5, 5.41) is 0.811. The highest BCUT2D eigenvalue weighted by molar-refractivity contribution is 6.34. The van der Waals surface area contributed by atoms with Gasteiger partial charge in [-0.15, -0.1) is 13.2 Å². The Morgan fingerprint density at radius 3 is 2.71 bits per heavy atom. The van der Waals surface area contributed by atoms with Crippen LogP contribution in [-0.4, -0.2) is 41.9 Å². The third-order valence-electron chi connectivity index (χ3n) is 6.00. The molecule has 1 amide bonds. The van der Waals surface area contributed by atoms with E-state index in [0.29, 0.717) is 29.9 Å². The lowest BCUT2D eigenvalue weighted by molar-refractivity contribution is -0.275. The monoisotopic (exact) mass is 511 g/mol. The molecule has 1 atom stereocenters. The number of amides is 1. The van der Waals surface area contributed by atoms with Gasteiger partial charge < -0.3 is 24.8 Å². The van der Waals surface area contributed by atoms with Crippen molar-refractivity contribution in [2.75, 3.05) is 25.5 Å². The maximum absolute atomic E-state index is 13.9. The topological polar surface area (TPSA) is 86.9 Å². The number of aromatic nitrogens is 1. The molecule has 0 aliphatic carbocycles. The Morgan fingerprint density at radius 1 is 1.17 bits per heavy atom. The summed E-state index contributed by atoms with van der Waals surface area (Å²) in [5.74, 6) is -2.30. The second-order valence-electron chi connectivity index (χ2n) is 8.12. The lowest BCUT2D eigenvalue weighted by Gasteiger charge is -2.36. The number of hydrogen-bond acceptors (Lipinski definition) is 6. The third kappa shape index (κ3) is 4.46. The Balaban J connectivity index is 1.53. The molecule has 1 aromatic heterocycles. The van der Waals surface area contributed by atoms with Gasteiger partial charge in [-0.1, -0.05) is 17.7 Å². The van der Waals surface area contributed by atoms with Gasteiger partial charge >= 0.3 is 6.36 Å². The molecule has 35 heavy (non-hydrogen) atoms. The summed E-state index contributed by atoms with van der Waals surface area (Å²) in [5.41, 5.74) is 8.51. The molecule has 0 saturated carbocycles. The first-order valence-corrected chi connectivity index (χ1v) is 10.9. The second-order valence-corrected chi connectivity index (χ2v) is 8.53. The number of ether oxygens (including phenoxy) is 3. The first kappa shape index (κ1) is 23.6. The standard InChI is InChI=1S/C23H18ClF4N3O4/c24-16-7-18-12(14-8-34-9-15(14)21(29)30-18)6-13(16)22(32)31-3-4-33-10-19(31)11-1-2-17(25)20(5-11)35-23(26,27)28/h1-2,5-7,19H,3-4,8-10H2,(H2,29,30)/t19-/m1/s1. The minimum absolute atomic E-state index is 0.00461. The van der Waals surface area contributed by atoms with Gasteiger partial charge in [0.05, 0.1) is 48.6 Å². The molecule has 0 unspecified atom stereocenters. The largest absolute Gasteiger partial charge is 0.573 e. The average molecular weight is 512 g/mol. The number of halogens is 5. The summed E-state index contributed by atoms with van der Waals surface area (Å²) < 4.78 is 66.8. The van der Waals surface area contributed by atoms with E-state index < -0.39 is 29.9 Å². The summed E-state index contributed by atoms with van der Waals surface area (Å²) in [6.07, 6.45) is -5.07. The lowest BCUT2D eigenvalue weighted by atomic mass is 10.00. The highest BCUT2D eigenvalue weighted by atomic mass is 35.5. The van der Waals surface area contributed by atoms with Crippen LogP contribution in [0.2, 0.25) is 5.02 Å². The van der Waals surface area contributed by atoms with Gasteiger partial charge in [-0.05, 0) is 35.4 Å². The highest BCUT2D eigenvalue weighted by Crippen LogP contribution is 2.36. The van der Waals surface area contributed by atoms with Gasteiger partial charge in [0.2, 0.25) is 0 Å². The molecule has 3 heterocycles. The first-order chi connectivity index (χ1) is 16.6. The predicted octanol–water partition coefficient (Wildman–Crippen LogP) is 4.75. The van der Waals surface area contributed by atoms with E-state index in [0.717, 1.165) is 23.3 Å². The van der Waals surface area contributed by atoms with E-state index in [4.69, 9.17) is 26.8 Å². The van der Waals surface area contributed by atoms with Crippen LogP contribution in [0, 0.1) is 5.82 Å². The van der Waals surface area contributed by atoms with Crippen LogP contribution in [0.1, 0.15) is 33.1 Å². The Morgan fingerprint density at radius 2 is 1.94 bits per heavy atom. The zero-order valence-corrected chi connectivity index (χ0v) is 18.8. The summed E-state index contributed by atoms with van der Waals surface area (Å²) in [6.45, 7) is 0.975. The van der Waals surface area contributed by atoms with Crippen molar-refractivity contribution in [1.82, 2.24) is 9.88 Å². The van der Waals surface area contributed by atoms with Crippen molar-refractivity contribution in [2.45, 2.75) is 25.6 Å². The average Bonchev–Trinajstić information content (AvgIpc) is 3.30. The molecule has 0 spiro atoms. The van der Waals surface area contributed by atoms with Gasteiger partial charge in [0.15, 0.2) is 11.6 Å². The van der Waals surface area contributed by atoms with E-state index in [-0.39, 0.29) is 35.9 Å². The number of morpholine rings is 1. The van der Waals surface area contributed by atoms with Crippen molar-refractivity contribution < 1.29 is 36.6 Å². The van der Waals surface area contributed by atoms with E-state index in [1.807, 2.05) is 0 Å². The van der Waals surface area contributed by atoms with Crippen LogP contribution in [0.5, 0.6) is 5.75 Å². The van der Waals surface area contributed by atoms with Gasteiger partial charge in [-0.25, -0.2) is 9.37 Å². The van der Waals surface area contributed by atoms with E-state index in [9.17, 15) is 22.4 Å². The minimum Gasteiger partial charge on any atom is -0.403 e. The number of hydrogen-bond donors (Lipinski definition) is 1. The Hall–Kier alpha value is -3.15. The SMILES string of the molecule is Nc1nc2cc(Cl)c(C(=O)N3CCOC[C@@H]3c3ccc(F)c(OC(F)(F)F)c3)cc2c2c1COC2. The molecule has 0 bridgehead atoms. The van der Waals surface area contributed by atoms with E-state index >= 15 is 0 Å². The number of rotatable bonds is 3. The third-order valence-corrected chi connectivity index (χ3v) is 6.32. The molecule has 184 valence electrons. The molecule has 2 aromatic carbocycles. The minimum atomic E-state index is -5.07. The van der Waals surface area contributed by atoms with Crippen molar-refractivity contribution in [2.24, 2.45) is 0 Å². The van der Waals surface area contributed by atoms with Crippen LogP contribution in [0.15, 0.2) is 30.3 Å². The summed E-state index contributed by atoms with van der Waals surface area (Å²) in [4.78, 5) is 19.4. The number of carbonyl (C=O) groups excluding carboxylic acids is 1. The van der Waals surface area contributed by atoms with Gasteiger partial charge in [0.25, 0.3) is 5.91 Å². The molecule has 2 N–H and O–H groups in total. The Labute approximate surface area is 201 Å². The number of benzene rings is 2. The highest BCUT2D eigenvalue weighted by Gasteiger charge is 2.35. The van der Waals surface area contributed by atoms with E-state index in [1.165, 1.54) is 11.0 Å². The van der Waals surface area contributed by atoms with Crippen LogP contribution in [0.25, 0.3) is 10.9 Å². The van der Waals surface area contributed by atoms with Crippen LogP contribution in [0.3, 0.4) is 0 Å². The molecule has 7 nitrogen and oxygen atoms in total. The van der Waals surface area contributed by atoms with Gasteiger partial charge in [0, 0.05) is 17.5 Å². The predicted molar refractivity (Wildman–Crippen MR) is 117 cm³/mol. The molecule has 5 rings (SSSR count). The molecule has 0 radical (unpaired) electrons. The van der Waals surface area contributed by atoms with Crippen LogP contribution < -0.4 is 10.5 Å². The van der Waals surface area contributed by atoms with Crippen molar-refractivity contribution >= 4 is 34.2 Å². The van der Waals surface area contributed by atoms with Crippen LogP contribution in [-0.2, 0) is 22.7 Å². The van der Waals surface area contributed by atoms with Crippen LogP contribution >= 0.6 is 11.6 Å². The lowest BCUT2D eigenvalue weighted by Crippen LogP contribution is -2.43. The van der Waals surface area contributed by atoms with Crippen molar-refractivity contribution in [3.8, 4) is 5.75 Å². The zero-order valence-electron chi connectivity index (χ0n) is 18.0. The number of carbonyl (C=O) groups is 1. The number of nitrogen functional groups attached to an aromatic ring is 1. The molecule has 2 aliphatic rings. The Bertz CT molecular complexity index is 1330. The number of alkyl halides is 3. The molecular weight excluding hydrogens is 494 g/mol. The number of fused-ring (bicyclic) bond motifs is 3. The summed E-state index contributed by atoms with van der Waals surface area (Å²) >= 11 is 6.45. The number of nitrogens with two attached hydrogens (primary N) is 1. The van der Waals surface area contributed by atoms with Crippen LogP contribution in [0.4, 0.5) is 23.4 Å². The van der Waals surface area contributed by atoms with Gasteiger partial charge in [-0.2, -0.15) is 0 Å². The van der Waals surface area contributed by atoms with Gasteiger partial charge in [-0.3, -0.25) is 4.79 Å². The number of pyridine rings is 1. The summed E-state index contributed by atoms with van der Waals surface area (Å²) in [6, 6.07) is 5.43. The van der Waals surface area contributed by atoms with E-state index in [1.54, 1.807) is 12.1 Å². The molecule has 1 saturated heterocycles. The second kappa shape index (κ2) is 8.81. The van der Waals surface area contributed by atoms with Crippen molar-refractivity contribution in [1.29, 1.82) is 0 Å². The molecule has 12 heteroatoms. The maximum atomic E-state index is 13.9. The van der Waals surface area contributed by atoms with Crippen molar-refractivity contribution in [3.05, 3.63) is 63.4 Å². The molecule has 1 fully saturated rings. The van der Waals surface area contributed by atoms with Crippen molar-refractivity contribution in [3.63, 3.8) is 0 Å². The quantitative estimate of drug-likeness (QED) is 0.511. The molecule has 2 aliphatic heterocycles. The fourth-order valence-corrected chi connectivity index (χ4v) is 4.60. The normalized spacial score (nSPS) is 18.1. The van der Waals surface area contributed by atoms with E-state index in [2.05, 4.69) is 9.72 Å². The van der Waals surface area contributed by atoms with Gasteiger partial charge in [0.1, 0.15) is 5.82 Å². The fraction of sp³-hybridized carbons (Fsp3) is 0.304.